The molecule has 0 aromatic carbocycles. The Morgan fingerprint density at radius 2 is 2.00 bits per heavy atom. The van der Waals surface area contributed by atoms with Gasteiger partial charge >= 0.3 is 6.03 Å². The number of amides is 2. The number of nitrogens with zero attached hydrogens (tertiary/aromatic N) is 2. The van der Waals surface area contributed by atoms with Gasteiger partial charge in [0.25, 0.3) is 0 Å². The molecule has 4 nitrogen and oxygen atoms in total. The molecular weight excluding hydrogens is 178 g/mol. The predicted octanol–water partition coefficient (Wildman–Crippen LogP) is 0.599. The third kappa shape index (κ3) is 3.54. The molecule has 0 aliphatic carbocycles. The lowest BCUT2D eigenvalue weighted by Gasteiger charge is -2.29. The molecule has 1 heterocycles. The number of carbonyl (C=O) groups is 1. The second-order valence-electron chi connectivity index (χ2n) is 4.33. The number of nitrogens with one attached hydrogen (secondary N) is 1. The minimum atomic E-state index is 0.0175. The van der Waals surface area contributed by atoms with E-state index < -0.39 is 0 Å². The summed E-state index contributed by atoms with van der Waals surface area (Å²) in [6.45, 7) is 3.13. The predicted molar refractivity (Wildman–Crippen MR) is 57.3 cm³/mol. The molecule has 1 fully saturated rings. The van der Waals surface area contributed by atoms with Crippen molar-refractivity contribution >= 4 is 6.03 Å². The van der Waals surface area contributed by atoms with Gasteiger partial charge in [0.15, 0.2) is 0 Å². The monoisotopic (exact) mass is 199 g/mol. The highest BCUT2D eigenvalue weighted by Gasteiger charge is 2.17. The molecule has 0 aromatic heterocycles. The maximum absolute atomic E-state index is 11.3. The van der Waals surface area contributed by atoms with Crippen molar-refractivity contribution < 1.29 is 4.79 Å². The van der Waals surface area contributed by atoms with E-state index in [1.54, 1.807) is 19.0 Å². The number of piperidine rings is 1. The maximum atomic E-state index is 11.3. The van der Waals surface area contributed by atoms with Crippen LogP contribution in [0.2, 0.25) is 0 Å². The van der Waals surface area contributed by atoms with E-state index in [0.717, 1.165) is 19.6 Å². The average Bonchev–Trinajstić information content (AvgIpc) is 2.16. The summed E-state index contributed by atoms with van der Waals surface area (Å²) in [7, 11) is 5.68. The zero-order valence-electron chi connectivity index (χ0n) is 9.42. The summed E-state index contributed by atoms with van der Waals surface area (Å²) in [6.07, 6.45) is 2.40. The SMILES string of the molecule is CN1CCC(CNC(=O)N(C)C)CC1. The minimum absolute atomic E-state index is 0.0175. The van der Waals surface area contributed by atoms with Gasteiger partial charge < -0.3 is 15.1 Å². The van der Waals surface area contributed by atoms with Crippen molar-refractivity contribution in [1.29, 1.82) is 0 Å². The molecular formula is C10H21N3O. The first-order valence-corrected chi connectivity index (χ1v) is 5.23. The molecule has 1 N–H and O–H groups in total. The highest BCUT2D eigenvalue weighted by Crippen LogP contribution is 2.14. The lowest BCUT2D eigenvalue weighted by Crippen LogP contribution is -2.40. The Labute approximate surface area is 86.2 Å². The first kappa shape index (κ1) is 11.3. The second kappa shape index (κ2) is 5.20. The molecule has 0 aromatic rings. The lowest BCUT2D eigenvalue weighted by molar-refractivity contribution is 0.199. The summed E-state index contributed by atoms with van der Waals surface area (Å²) in [5, 5.41) is 2.94. The van der Waals surface area contributed by atoms with Crippen molar-refractivity contribution in [2.75, 3.05) is 40.8 Å². The molecule has 0 bridgehead atoms. The fraction of sp³-hybridized carbons (Fsp3) is 0.900. The Morgan fingerprint density at radius 3 is 2.50 bits per heavy atom. The van der Waals surface area contributed by atoms with Crippen molar-refractivity contribution in [3.8, 4) is 0 Å². The van der Waals surface area contributed by atoms with E-state index >= 15 is 0 Å². The fourth-order valence-corrected chi connectivity index (χ4v) is 1.66. The first-order chi connectivity index (χ1) is 6.59. The Morgan fingerprint density at radius 1 is 1.43 bits per heavy atom. The van der Waals surface area contributed by atoms with Crippen molar-refractivity contribution in [2.24, 2.45) is 5.92 Å². The number of carbonyl (C=O) groups excluding carboxylic acids is 1. The Balaban J connectivity index is 2.16. The van der Waals surface area contributed by atoms with Crippen LogP contribution in [0.1, 0.15) is 12.8 Å². The van der Waals surface area contributed by atoms with Crippen LogP contribution in [0.3, 0.4) is 0 Å². The second-order valence-corrected chi connectivity index (χ2v) is 4.33. The van der Waals surface area contributed by atoms with Gasteiger partial charge in [-0.3, -0.25) is 0 Å². The van der Waals surface area contributed by atoms with Gasteiger partial charge in [0.05, 0.1) is 0 Å². The standard InChI is InChI=1S/C10H21N3O/c1-12(2)10(14)11-8-9-4-6-13(3)7-5-9/h9H,4-8H2,1-3H3,(H,11,14). The number of likely N-dealkylation sites (tertiary alicyclic amines) is 1. The van der Waals surface area contributed by atoms with Crippen LogP contribution in [-0.4, -0.2) is 56.6 Å². The molecule has 0 saturated carbocycles. The van der Waals surface area contributed by atoms with E-state index in [1.165, 1.54) is 12.8 Å². The minimum Gasteiger partial charge on any atom is -0.338 e. The Kier molecular flexibility index (Phi) is 4.20. The molecule has 1 saturated heterocycles. The quantitative estimate of drug-likeness (QED) is 0.707. The highest BCUT2D eigenvalue weighted by atomic mass is 16.2. The molecule has 4 heteroatoms. The number of hydrogen-bond acceptors (Lipinski definition) is 2. The van der Waals surface area contributed by atoms with Crippen molar-refractivity contribution in [3.63, 3.8) is 0 Å². The summed E-state index contributed by atoms with van der Waals surface area (Å²) in [5.41, 5.74) is 0. The van der Waals surface area contributed by atoms with Crippen LogP contribution in [0.4, 0.5) is 4.79 Å². The summed E-state index contributed by atoms with van der Waals surface area (Å²) < 4.78 is 0. The molecule has 82 valence electrons. The number of urea groups is 1. The molecule has 14 heavy (non-hydrogen) atoms. The van der Waals surface area contributed by atoms with E-state index in [2.05, 4.69) is 17.3 Å². The van der Waals surface area contributed by atoms with Crippen molar-refractivity contribution in [2.45, 2.75) is 12.8 Å². The smallest absolute Gasteiger partial charge is 0.316 e. The molecule has 1 aliphatic heterocycles. The molecule has 0 unspecified atom stereocenters. The topological polar surface area (TPSA) is 35.6 Å². The Bertz CT molecular complexity index is 186. The van der Waals surface area contributed by atoms with Crippen LogP contribution < -0.4 is 5.32 Å². The number of rotatable bonds is 2. The van der Waals surface area contributed by atoms with Crippen molar-refractivity contribution in [1.82, 2.24) is 15.1 Å². The van der Waals surface area contributed by atoms with Crippen LogP contribution in [-0.2, 0) is 0 Å². The van der Waals surface area contributed by atoms with E-state index in [9.17, 15) is 4.79 Å². The summed E-state index contributed by atoms with van der Waals surface area (Å²) in [4.78, 5) is 15.2. The molecule has 1 rings (SSSR count). The van der Waals surface area contributed by atoms with Gasteiger partial charge in [-0.1, -0.05) is 0 Å². The summed E-state index contributed by atoms with van der Waals surface area (Å²) in [6, 6.07) is 0.0175. The zero-order valence-corrected chi connectivity index (χ0v) is 9.42. The normalized spacial score (nSPS) is 19.4. The largest absolute Gasteiger partial charge is 0.338 e. The van der Waals surface area contributed by atoms with Crippen LogP contribution in [0.25, 0.3) is 0 Å². The summed E-state index contributed by atoms with van der Waals surface area (Å²) in [5.74, 6) is 0.662. The summed E-state index contributed by atoms with van der Waals surface area (Å²) >= 11 is 0. The van der Waals surface area contributed by atoms with Gasteiger partial charge in [0, 0.05) is 20.6 Å². The van der Waals surface area contributed by atoms with Crippen molar-refractivity contribution in [3.05, 3.63) is 0 Å². The molecule has 0 spiro atoms. The van der Waals surface area contributed by atoms with Crippen LogP contribution in [0.5, 0.6) is 0 Å². The van der Waals surface area contributed by atoms with E-state index in [0.29, 0.717) is 5.92 Å². The zero-order chi connectivity index (χ0) is 10.6. The van der Waals surface area contributed by atoms with Gasteiger partial charge in [-0.05, 0) is 38.9 Å². The van der Waals surface area contributed by atoms with E-state index in [4.69, 9.17) is 0 Å². The van der Waals surface area contributed by atoms with E-state index in [1.807, 2.05) is 0 Å². The fourth-order valence-electron chi connectivity index (χ4n) is 1.66. The molecule has 1 aliphatic rings. The highest BCUT2D eigenvalue weighted by molar-refractivity contribution is 5.73. The maximum Gasteiger partial charge on any atom is 0.316 e. The molecule has 0 atom stereocenters. The third-order valence-corrected chi connectivity index (χ3v) is 2.79. The van der Waals surface area contributed by atoms with Gasteiger partial charge in [0.2, 0.25) is 0 Å². The van der Waals surface area contributed by atoms with Gasteiger partial charge in [-0.2, -0.15) is 0 Å². The Hall–Kier alpha value is -0.770. The first-order valence-electron chi connectivity index (χ1n) is 5.23. The third-order valence-electron chi connectivity index (χ3n) is 2.79. The van der Waals surface area contributed by atoms with Gasteiger partial charge in [0.1, 0.15) is 0 Å². The van der Waals surface area contributed by atoms with Crippen LogP contribution in [0, 0.1) is 5.92 Å². The molecule has 0 radical (unpaired) electrons. The van der Waals surface area contributed by atoms with Crippen LogP contribution in [0.15, 0.2) is 0 Å². The van der Waals surface area contributed by atoms with Gasteiger partial charge in [-0.25, -0.2) is 4.79 Å². The van der Waals surface area contributed by atoms with Crippen LogP contribution >= 0.6 is 0 Å². The molecule has 2 amide bonds. The van der Waals surface area contributed by atoms with Gasteiger partial charge in [-0.15, -0.1) is 0 Å². The lowest BCUT2D eigenvalue weighted by atomic mass is 9.97. The average molecular weight is 199 g/mol. The number of hydrogen-bond donors (Lipinski definition) is 1. The van der Waals surface area contributed by atoms with E-state index in [-0.39, 0.29) is 6.03 Å².